The number of aromatic nitrogens is 2. The van der Waals surface area contributed by atoms with Crippen molar-refractivity contribution in [3.8, 4) is 11.1 Å². The zero-order valence-corrected chi connectivity index (χ0v) is 23.2. The number of anilines is 1. The number of aryl methyl sites for hydroxylation is 1. The van der Waals surface area contributed by atoms with Crippen molar-refractivity contribution in [3.05, 3.63) is 108 Å². The molecule has 4 aromatic rings. The van der Waals surface area contributed by atoms with Crippen molar-refractivity contribution in [2.45, 2.75) is 45.2 Å². The standard InChI is InChI=1S/C33H37N5O2/c1-24-10-12-26(13-11-24)25(2)20-35-32(27-8-4-3-5-9-27)33(40)36-30-15-14-28(21-34-30)29-16-19-37(22-29)23-31(39)38-17-6-7-18-38/h3-5,8-16,19,21-22,25,32,35H,6-7,17-18,20,23H2,1-2H3,(H,34,36,40)/t25-,32-/m1/s1. The molecule has 0 radical (unpaired) electrons. The van der Waals surface area contributed by atoms with E-state index in [0.717, 1.165) is 42.6 Å². The van der Waals surface area contributed by atoms with Crippen LogP contribution in [0.1, 0.15) is 48.4 Å². The van der Waals surface area contributed by atoms with Gasteiger partial charge in [-0.2, -0.15) is 0 Å². The Kier molecular flexibility index (Phi) is 8.71. The van der Waals surface area contributed by atoms with Crippen molar-refractivity contribution in [2.75, 3.05) is 25.0 Å². The van der Waals surface area contributed by atoms with Crippen LogP contribution >= 0.6 is 0 Å². The third-order valence-corrected chi connectivity index (χ3v) is 7.54. The lowest BCUT2D eigenvalue weighted by Gasteiger charge is -2.21. The lowest BCUT2D eigenvalue weighted by Crippen LogP contribution is -2.35. The number of nitrogens with zero attached hydrogens (tertiary/aromatic N) is 3. The molecule has 7 heteroatoms. The zero-order chi connectivity index (χ0) is 27.9. The molecule has 2 aromatic carbocycles. The van der Waals surface area contributed by atoms with Crippen LogP contribution < -0.4 is 10.6 Å². The highest BCUT2D eigenvalue weighted by molar-refractivity contribution is 5.95. The SMILES string of the molecule is Cc1ccc([C@H](C)CN[C@@H](C(=O)Nc2ccc(-c3ccn(CC(=O)N4CCCC4)c3)cn2)c2ccccc2)cc1. The predicted octanol–water partition coefficient (Wildman–Crippen LogP) is 5.55. The first-order valence-corrected chi connectivity index (χ1v) is 14.0. The first-order chi connectivity index (χ1) is 19.5. The van der Waals surface area contributed by atoms with Crippen LogP contribution in [0, 0.1) is 6.92 Å². The van der Waals surface area contributed by atoms with Crippen LogP contribution in [0.2, 0.25) is 0 Å². The van der Waals surface area contributed by atoms with Gasteiger partial charge in [-0.1, -0.05) is 67.1 Å². The van der Waals surface area contributed by atoms with Crippen molar-refractivity contribution in [1.29, 1.82) is 0 Å². The fourth-order valence-corrected chi connectivity index (χ4v) is 5.08. The van der Waals surface area contributed by atoms with Gasteiger partial charge in [0, 0.05) is 49.4 Å². The summed E-state index contributed by atoms with van der Waals surface area (Å²) in [5, 5.41) is 6.46. The topological polar surface area (TPSA) is 79.3 Å². The molecule has 2 atom stereocenters. The first-order valence-electron chi connectivity index (χ1n) is 14.0. The molecule has 206 valence electrons. The summed E-state index contributed by atoms with van der Waals surface area (Å²) in [6.07, 6.45) is 7.82. The third kappa shape index (κ3) is 6.85. The van der Waals surface area contributed by atoms with Crippen LogP contribution in [0.5, 0.6) is 0 Å². The second-order valence-electron chi connectivity index (χ2n) is 10.6. The highest BCUT2D eigenvalue weighted by atomic mass is 16.2. The Balaban J connectivity index is 1.22. The molecule has 3 heterocycles. The molecule has 2 amide bonds. The molecule has 0 aliphatic carbocycles. The maximum atomic E-state index is 13.4. The van der Waals surface area contributed by atoms with E-state index in [1.54, 1.807) is 6.20 Å². The molecular weight excluding hydrogens is 498 g/mol. The Morgan fingerprint density at radius 3 is 2.35 bits per heavy atom. The number of benzene rings is 2. The van der Waals surface area contributed by atoms with E-state index < -0.39 is 6.04 Å². The Morgan fingerprint density at radius 1 is 0.900 bits per heavy atom. The summed E-state index contributed by atoms with van der Waals surface area (Å²) in [7, 11) is 0. The van der Waals surface area contributed by atoms with Crippen LogP contribution in [0.3, 0.4) is 0 Å². The van der Waals surface area contributed by atoms with Crippen LogP contribution in [-0.4, -0.2) is 45.9 Å². The van der Waals surface area contributed by atoms with E-state index in [0.29, 0.717) is 18.9 Å². The number of carbonyl (C=O) groups is 2. The van der Waals surface area contributed by atoms with Gasteiger partial charge in [-0.15, -0.1) is 0 Å². The second kappa shape index (κ2) is 12.7. The molecule has 5 rings (SSSR count). The van der Waals surface area contributed by atoms with Gasteiger partial charge in [0.1, 0.15) is 18.4 Å². The van der Waals surface area contributed by atoms with Gasteiger partial charge in [-0.3, -0.25) is 9.59 Å². The van der Waals surface area contributed by atoms with E-state index in [1.807, 2.05) is 70.4 Å². The molecule has 0 unspecified atom stereocenters. The smallest absolute Gasteiger partial charge is 0.247 e. The molecule has 1 aliphatic rings. The highest BCUT2D eigenvalue weighted by Crippen LogP contribution is 2.23. The Bertz CT molecular complexity index is 1410. The number of nitrogens with one attached hydrogen (secondary N) is 2. The van der Waals surface area contributed by atoms with E-state index in [4.69, 9.17) is 0 Å². The fourth-order valence-electron chi connectivity index (χ4n) is 5.08. The molecular formula is C33H37N5O2. The van der Waals surface area contributed by atoms with Crippen LogP contribution in [-0.2, 0) is 16.1 Å². The summed E-state index contributed by atoms with van der Waals surface area (Å²) >= 11 is 0. The number of hydrogen-bond acceptors (Lipinski definition) is 4. The molecule has 40 heavy (non-hydrogen) atoms. The molecule has 1 aliphatic heterocycles. The Morgan fingerprint density at radius 2 is 1.65 bits per heavy atom. The maximum absolute atomic E-state index is 13.4. The second-order valence-corrected chi connectivity index (χ2v) is 10.6. The molecule has 1 fully saturated rings. The van der Waals surface area contributed by atoms with E-state index >= 15 is 0 Å². The maximum Gasteiger partial charge on any atom is 0.247 e. The average Bonchev–Trinajstić information content (AvgIpc) is 3.68. The van der Waals surface area contributed by atoms with E-state index in [-0.39, 0.29) is 17.7 Å². The van der Waals surface area contributed by atoms with Crippen molar-refractivity contribution in [3.63, 3.8) is 0 Å². The molecule has 1 saturated heterocycles. The lowest BCUT2D eigenvalue weighted by molar-refractivity contribution is -0.130. The summed E-state index contributed by atoms with van der Waals surface area (Å²) in [5.41, 5.74) is 5.27. The van der Waals surface area contributed by atoms with Gasteiger partial charge in [-0.25, -0.2) is 4.98 Å². The number of pyridine rings is 1. The van der Waals surface area contributed by atoms with Gasteiger partial charge >= 0.3 is 0 Å². The number of likely N-dealkylation sites (tertiary alicyclic amines) is 1. The fraction of sp³-hybridized carbons (Fsp3) is 0.303. The number of amides is 2. The summed E-state index contributed by atoms with van der Waals surface area (Å²) in [6.45, 7) is 6.95. The highest BCUT2D eigenvalue weighted by Gasteiger charge is 2.22. The molecule has 0 bridgehead atoms. The average molecular weight is 536 g/mol. The van der Waals surface area contributed by atoms with E-state index in [9.17, 15) is 9.59 Å². The number of carbonyl (C=O) groups excluding carboxylic acids is 2. The predicted molar refractivity (Wildman–Crippen MR) is 159 cm³/mol. The molecule has 2 N–H and O–H groups in total. The summed E-state index contributed by atoms with van der Waals surface area (Å²) < 4.78 is 1.92. The quantitative estimate of drug-likeness (QED) is 0.279. The summed E-state index contributed by atoms with van der Waals surface area (Å²) in [4.78, 5) is 32.3. The largest absolute Gasteiger partial charge is 0.344 e. The Hall–Kier alpha value is -4.23. The van der Waals surface area contributed by atoms with E-state index in [1.165, 1.54) is 11.1 Å². The minimum atomic E-state index is -0.516. The number of hydrogen-bond donors (Lipinski definition) is 2. The van der Waals surface area contributed by atoms with Crippen LogP contribution in [0.4, 0.5) is 5.82 Å². The molecule has 7 nitrogen and oxygen atoms in total. The van der Waals surface area contributed by atoms with Gasteiger partial charge < -0.3 is 20.1 Å². The summed E-state index contributed by atoms with van der Waals surface area (Å²) in [5.74, 6) is 0.737. The van der Waals surface area contributed by atoms with Gasteiger partial charge in [0.25, 0.3) is 0 Å². The monoisotopic (exact) mass is 535 g/mol. The van der Waals surface area contributed by atoms with Crippen LogP contribution in [0.25, 0.3) is 11.1 Å². The minimum absolute atomic E-state index is 0.158. The zero-order valence-electron chi connectivity index (χ0n) is 23.2. The van der Waals surface area contributed by atoms with Crippen molar-refractivity contribution in [2.24, 2.45) is 0 Å². The van der Waals surface area contributed by atoms with Gasteiger partial charge in [-0.05, 0) is 55.0 Å². The number of rotatable bonds is 10. The van der Waals surface area contributed by atoms with Gasteiger partial charge in [0.2, 0.25) is 11.8 Å². The molecule has 0 spiro atoms. The summed E-state index contributed by atoms with van der Waals surface area (Å²) in [6, 6.07) is 23.5. The van der Waals surface area contributed by atoms with E-state index in [2.05, 4.69) is 53.7 Å². The van der Waals surface area contributed by atoms with Gasteiger partial charge in [0.05, 0.1) is 0 Å². The normalized spacial score (nSPS) is 14.6. The first kappa shape index (κ1) is 27.3. The molecule has 0 saturated carbocycles. The molecule has 2 aromatic heterocycles. The Labute approximate surface area is 236 Å². The van der Waals surface area contributed by atoms with Crippen LogP contribution in [0.15, 0.2) is 91.4 Å². The van der Waals surface area contributed by atoms with Crippen molar-refractivity contribution >= 4 is 17.6 Å². The lowest BCUT2D eigenvalue weighted by atomic mass is 9.98. The van der Waals surface area contributed by atoms with Crippen molar-refractivity contribution < 1.29 is 9.59 Å². The van der Waals surface area contributed by atoms with Crippen molar-refractivity contribution in [1.82, 2.24) is 19.8 Å². The minimum Gasteiger partial charge on any atom is -0.344 e. The third-order valence-electron chi connectivity index (χ3n) is 7.54. The van der Waals surface area contributed by atoms with Gasteiger partial charge in [0.15, 0.2) is 0 Å².